The summed E-state index contributed by atoms with van der Waals surface area (Å²) in [6, 6.07) is 15.9. The molecule has 5 rings (SSSR count). The number of carbonyl (C=O) groups excluding carboxylic acids is 1. The van der Waals surface area contributed by atoms with E-state index < -0.39 is 0 Å². The first-order valence-corrected chi connectivity index (χ1v) is 13.2. The Kier molecular flexibility index (Phi) is 7.27. The molecule has 0 unspecified atom stereocenters. The third-order valence-electron chi connectivity index (χ3n) is 6.69. The first-order valence-electron chi connectivity index (χ1n) is 13.2. The van der Waals surface area contributed by atoms with Crippen LogP contribution in [0, 0.1) is 6.92 Å². The van der Waals surface area contributed by atoms with Crippen molar-refractivity contribution < 1.29 is 27.8 Å². The van der Waals surface area contributed by atoms with Crippen LogP contribution in [0.3, 0.4) is 0 Å². The van der Waals surface area contributed by atoms with Crippen molar-refractivity contribution in [2.45, 2.75) is 77.5 Å². The van der Waals surface area contributed by atoms with Gasteiger partial charge in [0.25, 0.3) is 5.89 Å². The Labute approximate surface area is 233 Å². The lowest BCUT2D eigenvalue weighted by molar-refractivity contribution is -0.0243. The number of hydrogen-bond acceptors (Lipinski definition) is 9. The minimum absolute atomic E-state index is 0.0368. The summed E-state index contributed by atoms with van der Waals surface area (Å²) in [5, 5.41) is 10.5. The van der Waals surface area contributed by atoms with E-state index in [1.165, 1.54) is 6.26 Å². The number of nitrogens with one attached hydrogen (secondary N) is 1. The van der Waals surface area contributed by atoms with Crippen LogP contribution >= 0.6 is 0 Å². The fraction of sp³-hybridized carbons (Fsp3) is 0.400. The molecule has 0 aliphatic heterocycles. The second-order valence-electron chi connectivity index (χ2n) is 11.5. The molecular weight excluding hydrogens is 512 g/mol. The highest BCUT2D eigenvalue weighted by molar-refractivity contribution is 5.68. The minimum Gasteiger partial charge on any atom is -0.490 e. The Bertz CT molecular complexity index is 1440. The lowest BCUT2D eigenvalue weighted by Crippen LogP contribution is -2.46. The number of amides is 1. The summed E-state index contributed by atoms with van der Waals surface area (Å²) in [6.45, 7) is 11.8. The van der Waals surface area contributed by atoms with Gasteiger partial charge in [-0.05, 0) is 56.2 Å². The molecule has 4 aromatic rings. The van der Waals surface area contributed by atoms with Crippen LogP contribution in [0.1, 0.15) is 64.5 Å². The van der Waals surface area contributed by atoms with Crippen molar-refractivity contribution >= 4 is 6.09 Å². The van der Waals surface area contributed by atoms with Crippen LogP contribution in [0.4, 0.5) is 4.79 Å². The maximum Gasteiger partial charge on any atom is 0.407 e. The first kappa shape index (κ1) is 27.2. The second-order valence-corrected chi connectivity index (χ2v) is 11.5. The van der Waals surface area contributed by atoms with Gasteiger partial charge in [-0.15, -0.1) is 10.2 Å². The maximum atomic E-state index is 11.9. The number of carbonyl (C=O) groups is 1. The zero-order chi connectivity index (χ0) is 28.5. The van der Waals surface area contributed by atoms with Crippen molar-refractivity contribution in [3.05, 3.63) is 71.8 Å². The lowest BCUT2D eigenvalue weighted by atomic mass is 9.78. The zero-order valence-corrected chi connectivity index (χ0v) is 23.6. The molecule has 0 spiro atoms. The van der Waals surface area contributed by atoms with E-state index in [-0.39, 0.29) is 41.2 Å². The summed E-state index contributed by atoms with van der Waals surface area (Å²) in [7, 11) is 0. The quantitative estimate of drug-likeness (QED) is 0.261. The van der Waals surface area contributed by atoms with Crippen LogP contribution in [0.25, 0.3) is 11.6 Å². The molecule has 0 bridgehead atoms. The van der Waals surface area contributed by atoms with Gasteiger partial charge in [0.05, 0.1) is 0 Å². The maximum absolute atomic E-state index is 11.9. The molecule has 1 saturated carbocycles. The molecule has 2 heterocycles. The van der Waals surface area contributed by atoms with E-state index >= 15 is 0 Å². The molecule has 2 aromatic heterocycles. The number of hydrogen-bond donors (Lipinski definition) is 1. The molecule has 40 heavy (non-hydrogen) atoms. The van der Waals surface area contributed by atoms with Crippen LogP contribution in [-0.4, -0.2) is 39.0 Å². The van der Waals surface area contributed by atoms with Gasteiger partial charge in [-0.1, -0.05) is 38.1 Å². The number of ether oxygens (including phenoxy) is 3. The summed E-state index contributed by atoms with van der Waals surface area (Å²) in [5.74, 6) is 2.11. The number of oxazole rings is 1. The van der Waals surface area contributed by atoms with Crippen LogP contribution in [0.2, 0.25) is 0 Å². The van der Waals surface area contributed by atoms with Gasteiger partial charge in [-0.2, -0.15) is 4.98 Å². The molecule has 10 nitrogen and oxygen atoms in total. The third kappa shape index (κ3) is 6.44. The van der Waals surface area contributed by atoms with Crippen molar-refractivity contribution in [1.29, 1.82) is 0 Å². The highest BCUT2D eigenvalue weighted by Crippen LogP contribution is 2.35. The second kappa shape index (κ2) is 10.7. The van der Waals surface area contributed by atoms with Gasteiger partial charge in [0, 0.05) is 30.7 Å². The van der Waals surface area contributed by atoms with Gasteiger partial charge >= 0.3 is 12.2 Å². The van der Waals surface area contributed by atoms with Gasteiger partial charge in [0.1, 0.15) is 30.0 Å². The Morgan fingerprint density at radius 3 is 2.10 bits per heavy atom. The summed E-state index contributed by atoms with van der Waals surface area (Å²) >= 11 is 0. The topological polar surface area (TPSA) is 122 Å². The summed E-state index contributed by atoms with van der Waals surface area (Å²) in [5.41, 5.74) is 2.11. The van der Waals surface area contributed by atoms with Crippen molar-refractivity contribution in [3.63, 3.8) is 0 Å². The molecule has 0 atom stereocenters. The molecule has 210 valence electrons. The van der Waals surface area contributed by atoms with E-state index in [9.17, 15) is 4.79 Å². The predicted molar refractivity (Wildman–Crippen MR) is 146 cm³/mol. The van der Waals surface area contributed by atoms with E-state index in [4.69, 9.17) is 23.0 Å². The number of benzene rings is 2. The average Bonchev–Trinajstić information content (AvgIpc) is 3.51. The van der Waals surface area contributed by atoms with E-state index in [1.54, 1.807) is 6.92 Å². The van der Waals surface area contributed by atoms with Gasteiger partial charge in [0.2, 0.25) is 5.89 Å². The Hall–Kier alpha value is -4.34. The smallest absolute Gasteiger partial charge is 0.407 e. The molecule has 1 fully saturated rings. The van der Waals surface area contributed by atoms with Crippen LogP contribution in [0.15, 0.2) is 63.6 Å². The minimum atomic E-state index is -0.385. The summed E-state index contributed by atoms with van der Waals surface area (Å²) < 4.78 is 28.1. The molecule has 10 heteroatoms. The number of aryl methyl sites for hydroxylation is 1. The highest BCUT2D eigenvalue weighted by Gasteiger charge is 2.34. The molecular formula is C30H34N4O6. The van der Waals surface area contributed by atoms with E-state index in [2.05, 4.69) is 46.5 Å². The number of nitrogens with zero attached hydrogens (tertiary/aromatic N) is 3. The van der Waals surface area contributed by atoms with Crippen molar-refractivity contribution in [2.24, 2.45) is 0 Å². The Morgan fingerprint density at radius 1 is 0.900 bits per heavy atom. The monoisotopic (exact) mass is 546 g/mol. The SMILES string of the molecule is Cc1nnc(-c2coc(Oc3ccc(C(C)(C)c4ccc(OC5CC(OC(=O)NC(C)(C)C)C5)cc4)cc3)n2)o1. The van der Waals surface area contributed by atoms with Gasteiger partial charge in [0.15, 0.2) is 5.69 Å². The first-order chi connectivity index (χ1) is 18.9. The summed E-state index contributed by atoms with van der Waals surface area (Å²) in [6.07, 6.45) is 2.41. The molecule has 1 amide bonds. The summed E-state index contributed by atoms with van der Waals surface area (Å²) in [4.78, 5) is 16.2. The van der Waals surface area contributed by atoms with Crippen LogP contribution < -0.4 is 14.8 Å². The third-order valence-corrected chi connectivity index (χ3v) is 6.69. The molecule has 1 N–H and O–H groups in total. The normalized spacial score (nSPS) is 17.1. The van der Waals surface area contributed by atoms with Crippen LogP contribution in [0.5, 0.6) is 17.6 Å². The van der Waals surface area contributed by atoms with Gasteiger partial charge in [-0.3, -0.25) is 0 Å². The largest absolute Gasteiger partial charge is 0.490 e. The molecule has 2 aromatic carbocycles. The van der Waals surface area contributed by atoms with E-state index in [0.717, 1.165) is 16.9 Å². The van der Waals surface area contributed by atoms with Gasteiger partial charge in [-0.25, -0.2) is 4.79 Å². The molecule has 0 saturated heterocycles. The number of rotatable bonds is 8. The zero-order valence-electron chi connectivity index (χ0n) is 23.6. The van der Waals surface area contributed by atoms with Crippen LogP contribution in [-0.2, 0) is 10.2 Å². The number of aromatic nitrogens is 3. The molecule has 1 aliphatic carbocycles. The fourth-order valence-electron chi connectivity index (χ4n) is 4.35. The number of alkyl carbamates (subject to hydrolysis) is 1. The van der Waals surface area contributed by atoms with E-state index in [1.807, 2.05) is 57.2 Å². The molecule has 0 radical (unpaired) electrons. The Balaban J connectivity index is 1.14. The van der Waals surface area contributed by atoms with E-state index in [0.29, 0.717) is 30.2 Å². The standard InChI is InChI=1S/C30H34N4O6/c1-18-33-34-26(37-18)25-17-36-28(31-25)40-22-13-9-20(10-14-22)30(5,6)19-7-11-21(12-8-19)38-23-15-24(16-23)39-27(35)32-29(2,3)4/h7-14,17,23-24H,15-16H2,1-6H3,(H,32,35). The predicted octanol–water partition coefficient (Wildman–Crippen LogP) is 6.59. The van der Waals surface area contributed by atoms with Gasteiger partial charge < -0.3 is 28.4 Å². The fourth-order valence-corrected chi connectivity index (χ4v) is 4.35. The van der Waals surface area contributed by atoms with Crippen molar-refractivity contribution in [3.8, 4) is 29.2 Å². The van der Waals surface area contributed by atoms with Crippen molar-refractivity contribution in [2.75, 3.05) is 0 Å². The van der Waals surface area contributed by atoms with Crippen molar-refractivity contribution in [1.82, 2.24) is 20.5 Å². The average molecular weight is 547 g/mol. The Morgan fingerprint density at radius 2 is 1.52 bits per heavy atom. The lowest BCUT2D eigenvalue weighted by Gasteiger charge is -2.35. The molecule has 1 aliphatic rings. The highest BCUT2D eigenvalue weighted by atomic mass is 16.6.